The average Bonchev–Trinajstić information content (AvgIpc) is 2.08. The van der Waals surface area contributed by atoms with Crippen LogP contribution >= 0.6 is 11.6 Å². The molecule has 0 N–H and O–H groups in total. The van der Waals surface area contributed by atoms with E-state index in [1.54, 1.807) is 19.1 Å². The first-order valence-corrected chi connectivity index (χ1v) is 4.33. The molecule has 65 valence electrons. The molecule has 0 fully saturated rings. The summed E-state index contributed by atoms with van der Waals surface area (Å²) in [6.07, 6.45) is 0. The van der Waals surface area contributed by atoms with Gasteiger partial charge in [-0.3, -0.25) is 0 Å². The topological polar surface area (TPSA) is 0 Å². The number of alkyl halides is 1. The Kier molecular flexibility index (Phi) is 3.10. The lowest BCUT2D eigenvalue weighted by molar-refractivity contribution is 0.617. The van der Waals surface area contributed by atoms with Gasteiger partial charge in [0.2, 0.25) is 0 Å². The van der Waals surface area contributed by atoms with E-state index in [2.05, 4.69) is 6.92 Å². The van der Waals surface area contributed by atoms with Crippen LogP contribution in [0.5, 0.6) is 0 Å². The summed E-state index contributed by atoms with van der Waals surface area (Å²) in [5.41, 5.74) is 1.63. The van der Waals surface area contributed by atoms with Gasteiger partial charge in [0, 0.05) is 5.88 Å². The second kappa shape index (κ2) is 3.90. The van der Waals surface area contributed by atoms with E-state index in [0.29, 0.717) is 11.4 Å². The molecule has 1 aromatic carbocycles. The first-order valence-electron chi connectivity index (χ1n) is 3.80. The average molecular weight is 186 g/mol. The molecular formula is C10H11ClF. The van der Waals surface area contributed by atoms with E-state index in [4.69, 9.17) is 11.6 Å². The number of halogens is 2. The Labute approximate surface area is 77.4 Å². The van der Waals surface area contributed by atoms with Crippen LogP contribution in [0.15, 0.2) is 18.2 Å². The summed E-state index contributed by atoms with van der Waals surface area (Å²) in [5, 5.41) is 0. The van der Waals surface area contributed by atoms with E-state index < -0.39 is 0 Å². The summed E-state index contributed by atoms with van der Waals surface area (Å²) in [7, 11) is 0. The molecule has 1 radical (unpaired) electrons. The van der Waals surface area contributed by atoms with Gasteiger partial charge in [0.05, 0.1) is 0 Å². The molecule has 0 amide bonds. The fourth-order valence-corrected chi connectivity index (χ4v) is 1.19. The molecule has 0 saturated heterocycles. The highest BCUT2D eigenvalue weighted by Crippen LogP contribution is 2.18. The van der Waals surface area contributed by atoms with Crippen LogP contribution in [0.25, 0.3) is 0 Å². The van der Waals surface area contributed by atoms with Crippen molar-refractivity contribution in [2.75, 3.05) is 5.88 Å². The molecule has 0 nitrogen and oxygen atoms in total. The minimum absolute atomic E-state index is 0.0472. The summed E-state index contributed by atoms with van der Waals surface area (Å²) in [4.78, 5) is 0. The van der Waals surface area contributed by atoms with Crippen LogP contribution < -0.4 is 0 Å². The summed E-state index contributed by atoms with van der Waals surface area (Å²) in [5.74, 6) is 0.330. The van der Waals surface area contributed by atoms with Crippen molar-refractivity contribution in [2.24, 2.45) is 0 Å². The van der Waals surface area contributed by atoms with Gasteiger partial charge >= 0.3 is 0 Å². The number of hydrogen-bond donors (Lipinski definition) is 0. The van der Waals surface area contributed by atoms with E-state index in [1.165, 1.54) is 6.07 Å². The molecule has 1 rings (SSSR count). The SMILES string of the molecule is [CH2]C(CCl)c1ccc(F)c(C)c1. The second-order valence-electron chi connectivity index (χ2n) is 2.86. The van der Waals surface area contributed by atoms with Crippen molar-refractivity contribution < 1.29 is 4.39 Å². The highest BCUT2D eigenvalue weighted by atomic mass is 35.5. The summed E-state index contributed by atoms with van der Waals surface area (Å²) >= 11 is 5.62. The predicted molar refractivity (Wildman–Crippen MR) is 50.0 cm³/mol. The molecule has 0 spiro atoms. The van der Waals surface area contributed by atoms with Crippen LogP contribution in [0.3, 0.4) is 0 Å². The van der Waals surface area contributed by atoms with Crippen LogP contribution in [0.1, 0.15) is 17.0 Å². The summed E-state index contributed by atoms with van der Waals surface area (Å²) in [6.45, 7) is 5.58. The van der Waals surface area contributed by atoms with E-state index >= 15 is 0 Å². The Morgan fingerprint density at radius 3 is 2.75 bits per heavy atom. The summed E-state index contributed by atoms with van der Waals surface area (Å²) < 4.78 is 12.8. The molecule has 0 aliphatic heterocycles. The maximum absolute atomic E-state index is 12.8. The molecule has 0 bridgehead atoms. The van der Waals surface area contributed by atoms with Crippen molar-refractivity contribution in [2.45, 2.75) is 12.8 Å². The fourth-order valence-electron chi connectivity index (χ4n) is 1.01. The van der Waals surface area contributed by atoms with Gasteiger partial charge in [-0.1, -0.05) is 12.1 Å². The predicted octanol–water partition coefficient (Wildman–Crippen LogP) is 3.29. The van der Waals surface area contributed by atoms with Gasteiger partial charge in [-0.05, 0) is 37.0 Å². The third kappa shape index (κ3) is 1.98. The van der Waals surface area contributed by atoms with Gasteiger partial charge in [-0.15, -0.1) is 11.6 Å². The Bertz CT molecular complexity index is 271. The van der Waals surface area contributed by atoms with Crippen molar-refractivity contribution in [3.8, 4) is 0 Å². The molecule has 0 aliphatic rings. The van der Waals surface area contributed by atoms with Gasteiger partial charge < -0.3 is 0 Å². The van der Waals surface area contributed by atoms with E-state index in [-0.39, 0.29) is 11.7 Å². The third-order valence-corrected chi connectivity index (χ3v) is 2.21. The lowest BCUT2D eigenvalue weighted by atomic mass is 10.0. The van der Waals surface area contributed by atoms with Crippen molar-refractivity contribution in [1.82, 2.24) is 0 Å². The standard InChI is InChI=1S/C10H11ClF/c1-7-5-9(8(2)6-11)3-4-10(7)12/h3-5,8H,2,6H2,1H3. The molecular weight excluding hydrogens is 175 g/mol. The lowest BCUT2D eigenvalue weighted by Crippen LogP contribution is -1.96. The zero-order chi connectivity index (χ0) is 9.14. The zero-order valence-corrected chi connectivity index (χ0v) is 7.74. The Hall–Kier alpha value is -0.560. The Morgan fingerprint density at radius 2 is 2.25 bits per heavy atom. The van der Waals surface area contributed by atoms with Crippen LogP contribution in [0, 0.1) is 19.7 Å². The molecule has 1 unspecified atom stereocenters. The van der Waals surface area contributed by atoms with Gasteiger partial charge in [0.25, 0.3) is 0 Å². The second-order valence-corrected chi connectivity index (χ2v) is 3.17. The highest BCUT2D eigenvalue weighted by molar-refractivity contribution is 6.18. The van der Waals surface area contributed by atoms with Crippen LogP contribution in [-0.2, 0) is 0 Å². The van der Waals surface area contributed by atoms with Gasteiger partial charge in [0.15, 0.2) is 0 Å². The molecule has 12 heavy (non-hydrogen) atoms. The largest absolute Gasteiger partial charge is 0.207 e. The minimum atomic E-state index is -0.180. The number of rotatable bonds is 2. The van der Waals surface area contributed by atoms with Crippen molar-refractivity contribution in [3.63, 3.8) is 0 Å². The Morgan fingerprint density at radius 1 is 1.58 bits per heavy atom. The van der Waals surface area contributed by atoms with E-state index in [9.17, 15) is 4.39 Å². The van der Waals surface area contributed by atoms with E-state index in [1.807, 2.05) is 0 Å². The van der Waals surface area contributed by atoms with Crippen molar-refractivity contribution >= 4 is 11.6 Å². The van der Waals surface area contributed by atoms with Gasteiger partial charge in [-0.25, -0.2) is 4.39 Å². The molecule has 0 saturated carbocycles. The van der Waals surface area contributed by atoms with Crippen molar-refractivity contribution in [3.05, 3.63) is 42.1 Å². The summed E-state index contributed by atoms with van der Waals surface area (Å²) in [6, 6.07) is 4.97. The van der Waals surface area contributed by atoms with Gasteiger partial charge in [0.1, 0.15) is 5.82 Å². The normalized spacial score (nSPS) is 13.0. The van der Waals surface area contributed by atoms with Gasteiger partial charge in [-0.2, -0.15) is 0 Å². The quantitative estimate of drug-likeness (QED) is 0.621. The minimum Gasteiger partial charge on any atom is -0.207 e. The monoisotopic (exact) mass is 185 g/mol. The lowest BCUT2D eigenvalue weighted by Gasteiger charge is -2.08. The molecule has 0 heterocycles. The number of hydrogen-bond acceptors (Lipinski definition) is 0. The van der Waals surface area contributed by atoms with E-state index in [0.717, 1.165) is 5.56 Å². The molecule has 0 aliphatic carbocycles. The molecule has 1 aromatic rings. The smallest absolute Gasteiger partial charge is 0.126 e. The number of benzene rings is 1. The molecule has 1 atom stereocenters. The van der Waals surface area contributed by atoms with Crippen LogP contribution in [-0.4, -0.2) is 5.88 Å². The Balaban J connectivity index is 2.96. The van der Waals surface area contributed by atoms with Crippen molar-refractivity contribution in [1.29, 1.82) is 0 Å². The fraction of sp³-hybridized carbons (Fsp3) is 0.300. The molecule has 0 aromatic heterocycles. The first kappa shape index (κ1) is 9.53. The third-order valence-electron chi connectivity index (χ3n) is 1.84. The van der Waals surface area contributed by atoms with Crippen LogP contribution in [0.2, 0.25) is 0 Å². The maximum atomic E-state index is 12.8. The first-order chi connectivity index (χ1) is 5.65. The highest BCUT2D eigenvalue weighted by Gasteiger charge is 2.05. The molecule has 2 heteroatoms. The number of aryl methyl sites for hydroxylation is 1. The van der Waals surface area contributed by atoms with Crippen LogP contribution in [0.4, 0.5) is 4.39 Å². The maximum Gasteiger partial charge on any atom is 0.126 e. The zero-order valence-electron chi connectivity index (χ0n) is 6.98.